The Morgan fingerprint density at radius 1 is 0.613 bits per heavy atom. The molecule has 0 amide bonds. The fourth-order valence-electron chi connectivity index (χ4n) is 4.66. The standard InChI is InChI=1S/C29H22N2/c1-19-13-15-22(16-14-19)29-30-27-24-11-5-3-8-21(24)17-18-26(27)28(31-29)25-12-6-9-20-7-2-4-10-23(20)25/h2-16H,17-18H2,1H3. The summed E-state index contributed by atoms with van der Waals surface area (Å²) in [6.45, 7) is 2.11. The van der Waals surface area contributed by atoms with Gasteiger partial charge in [-0.15, -0.1) is 0 Å². The predicted molar refractivity (Wildman–Crippen MR) is 128 cm³/mol. The van der Waals surface area contributed by atoms with E-state index in [1.165, 1.54) is 38.6 Å². The third kappa shape index (κ3) is 3.03. The monoisotopic (exact) mass is 398 g/mol. The van der Waals surface area contributed by atoms with Crippen LogP contribution in [0.5, 0.6) is 0 Å². The van der Waals surface area contributed by atoms with Gasteiger partial charge in [0, 0.05) is 22.3 Å². The van der Waals surface area contributed by atoms with Crippen LogP contribution in [0.1, 0.15) is 16.7 Å². The molecule has 1 aliphatic carbocycles. The lowest BCUT2D eigenvalue weighted by Gasteiger charge is -2.23. The first-order chi connectivity index (χ1) is 15.3. The van der Waals surface area contributed by atoms with Crippen molar-refractivity contribution in [1.29, 1.82) is 0 Å². The van der Waals surface area contributed by atoms with Crippen LogP contribution in [0.15, 0.2) is 91.0 Å². The Morgan fingerprint density at radius 2 is 1.29 bits per heavy atom. The third-order valence-corrected chi connectivity index (χ3v) is 6.28. The smallest absolute Gasteiger partial charge is 0.160 e. The van der Waals surface area contributed by atoms with Gasteiger partial charge in [-0.05, 0) is 36.1 Å². The molecule has 0 aliphatic heterocycles. The van der Waals surface area contributed by atoms with E-state index >= 15 is 0 Å². The van der Waals surface area contributed by atoms with Crippen LogP contribution in [0.2, 0.25) is 0 Å². The molecule has 1 aromatic heterocycles. The van der Waals surface area contributed by atoms with E-state index in [1.54, 1.807) is 0 Å². The minimum absolute atomic E-state index is 0.790. The molecule has 2 heteroatoms. The molecule has 0 atom stereocenters. The van der Waals surface area contributed by atoms with Crippen molar-refractivity contribution in [2.75, 3.05) is 0 Å². The Hall–Kier alpha value is -3.78. The van der Waals surface area contributed by atoms with E-state index in [4.69, 9.17) is 9.97 Å². The quantitative estimate of drug-likeness (QED) is 0.319. The van der Waals surface area contributed by atoms with Gasteiger partial charge in [0.05, 0.1) is 11.4 Å². The summed E-state index contributed by atoms with van der Waals surface area (Å²) >= 11 is 0. The molecule has 1 aliphatic rings. The van der Waals surface area contributed by atoms with Crippen molar-refractivity contribution in [1.82, 2.24) is 9.97 Å². The third-order valence-electron chi connectivity index (χ3n) is 6.28. The van der Waals surface area contributed by atoms with Gasteiger partial charge in [-0.3, -0.25) is 0 Å². The second kappa shape index (κ2) is 7.17. The van der Waals surface area contributed by atoms with E-state index in [1.807, 2.05) is 0 Å². The van der Waals surface area contributed by atoms with E-state index in [-0.39, 0.29) is 0 Å². The molecule has 0 N–H and O–H groups in total. The molecule has 0 bridgehead atoms. The SMILES string of the molecule is Cc1ccc(-c2nc3c(c(-c4cccc5ccccc45)n2)CCc2ccccc2-3)cc1. The molecule has 2 nitrogen and oxygen atoms in total. The van der Waals surface area contributed by atoms with Gasteiger partial charge in [0.15, 0.2) is 5.82 Å². The van der Waals surface area contributed by atoms with Crippen molar-refractivity contribution in [2.45, 2.75) is 19.8 Å². The van der Waals surface area contributed by atoms with Gasteiger partial charge in [0.25, 0.3) is 0 Å². The topological polar surface area (TPSA) is 25.8 Å². The lowest BCUT2D eigenvalue weighted by Crippen LogP contribution is -2.10. The van der Waals surface area contributed by atoms with Crippen LogP contribution in [0, 0.1) is 6.92 Å². The Morgan fingerprint density at radius 3 is 2.16 bits per heavy atom. The lowest BCUT2D eigenvalue weighted by atomic mass is 9.86. The molecule has 0 fully saturated rings. The van der Waals surface area contributed by atoms with Crippen molar-refractivity contribution in [3.05, 3.63) is 108 Å². The second-order valence-corrected chi connectivity index (χ2v) is 8.27. The summed E-state index contributed by atoms with van der Waals surface area (Å²) in [5, 5.41) is 2.47. The highest BCUT2D eigenvalue weighted by molar-refractivity contribution is 5.97. The predicted octanol–water partition coefficient (Wildman–Crippen LogP) is 7.04. The molecular weight excluding hydrogens is 376 g/mol. The number of nitrogens with zero attached hydrogens (tertiary/aromatic N) is 2. The van der Waals surface area contributed by atoms with Crippen molar-refractivity contribution < 1.29 is 0 Å². The number of aromatic nitrogens is 2. The van der Waals surface area contributed by atoms with Crippen LogP contribution in [0.25, 0.3) is 44.7 Å². The fraction of sp³-hybridized carbons (Fsp3) is 0.103. The molecular formula is C29H22N2. The van der Waals surface area contributed by atoms with Gasteiger partial charge in [-0.2, -0.15) is 0 Å². The van der Waals surface area contributed by atoms with E-state index < -0.39 is 0 Å². The zero-order valence-electron chi connectivity index (χ0n) is 17.5. The first-order valence-corrected chi connectivity index (χ1v) is 10.8. The highest BCUT2D eigenvalue weighted by atomic mass is 14.9. The second-order valence-electron chi connectivity index (χ2n) is 8.27. The first-order valence-electron chi connectivity index (χ1n) is 10.8. The first kappa shape index (κ1) is 18.0. The summed E-state index contributed by atoms with van der Waals surface area (Å²) in [5.41, 5.74) is 9.48. The zero-order chi connectivity index (χ0) is 20.8. The van der Waals surface area contributed by atoms with Crippen LogP contribution in [-0.2, 0) is 12.8 Å². The van der Waals surface area contributed by atoms with E-state index in [2.05, 4.69) is 97.9 Å². The summed E-state index contributed by atoms with van der Waals surface area (Å²) in [5.74, 6) is 0.790. The summed E-state index contributed by atoms with van der Waals surface area (Å²) < 4.78 is 0. The maximum Gasteiger partial charge on any atom is 0.160 e. The molecule has 0 saturated heterocycles. The average molecular weight is 399 g/mol. The Labute approximate surface area is 182 Å². The summed E-state index contributed by atoms with van der Waals surface area (Å²) in [4.78, 5) is 10.3. The summed E-state index contributed by atoms with van der Waals surface area (Å²) in [7, 11) is 0. The van der Waals surface area contributed by atoms with Gasteiger partial charge < -0.3 is 0 Å². The van der Waals surface area contributed by atoms with E-state index in [0.717, 1.165) is 35.6 Å². The van der Waals surface area contributed by atoms with Crippen LogP contribution in [-0.4, -0.2) is 9.97 Å². The fourth-order valence-corrected chi connectivity index (χ4v) is 4.66. The van der Waals surface area contributed by atoms with Gasteiger partial charge >= 0.3 is 0 Å². The molecule has 148 valence electrons. The van der Waals surface area contributed by atoms with Gasteiger partial charge in [-0.1, -0.05) is 96.6 Å². The van der Waals surface area contributed by atoms with Crippen molar-refractivity contribution in [3.63, 3.8) is 0 Å². The number of hydrogen-bond donors (Lipinski definition) is 0. The number of fused-ring (bicyclic) bond motifs is 4. The molecule has 5 aromatic rings. The Bertz CT molecular complexity index is 1430. The minimum atomic E-state index is 0.790. The lowest BCUT2D eigenvalue weighted by molar-refractivity contribution is 0.916. The van der Waals surface area contributed by atoms with Crippen molar-refractivity contribution in [3.8, 4) is 33.9 Å². The normalized spacial score (nSPS) is 12.4. The highest BCUT2D eigenvalue weighted by Gasteiger charge is 2.24. The number of aryl methyl sites for hydroxylation is 2. The summed E-state index contributed by atoms with van der Waals surface area (Å²) in [6.07, 6.45) is 1.98. The van der Waals surface area contributed by atoms with Crippen molar-refractivity contribution in [2.24, 2.45) is 0 Å². The van der Waals surface area contributed by atoms with Crippen LogP contribution < -0.4 is 0 Å². The van der Waals surface area contributed by atoms with Crippen LogP contribution in [0.4, 0.5) is 0 Å². The molecule has 1 heterocycles. The molecule has 0 saturated carbocycles. The molecule has 6 rings (SSSR count). The molecule has 0 spiro atoms. The van der Waals surface area contributed by atoms with Gasteiger partial charge in [0.1, 0.15) is 0 Å². The average Bonchev–Trinajstić information content (AvgIpc) is 2.83. The van der Waals surface area contributed by atoms with E-state index in [9.17, 15) is 0 Å². The molecule has 4 aromatic carbocycles. The number of rotatable bonds is 2. The molecule has 0 unspecified atom stereocenters. The largest absolute Gasteiger partial charge is 0.228 e. The van der Waals surface area contributed by atoms with Gasteiger partial charge in [0.2, 0.25) is 0 Å². The zero-order valence-corrected chi connectivity index (χ0v) is 17.5. The number of hydrogen-bond acceptors (Lipinski definition) is 2. The van der Waals surface area contributed by atoms with Gasteiger partial charge in [-0.25, -0.2) is 9.97 Å². The molecule has 31 heavy (non-hydrogen) atoms. The van der Waals surface area contributed by atoms with Crippen LogP contribution >= 0.6 is 0 Å². The van der Waals surface area contributed by atoms with E-state index in [0.29, 0.717) is 0 Å². The van der Waals surface area contributed by atoms with Crippen molar-refractivity contribution >= 4 is 10.8 Å². The Kier molecular flexibility index (Phi) is 4.17. The minimum Gasteiger partial charge on any atom is -0.228 e. The maximum absolute atomic E-state index is 5.17. The Balaban J connectivity index is 1.68. The number of benzene rings is 4. The molecule has 0 radical (unpaired) electrons. The van der Waals surface area contributed by atoms with Crippen LogP contribution in [0.3, 0.4) is 0 Å². The highest BCUT2D eigenvalue weighted by Crippen LogP contribution is 2.40. The summed E-state index contributed by atoms with van der Waals surface area (Å²) in [6, 6.07) is 32.2. The maximum atomic E-state index is 5.17.